The largest absolute Gasteiger partial charge is 0.480 e. The van der Waals surface area contributed by atoms with Crippen LogP contribution in [0.15, 0.2) is 54.6 Å². The number of fused-ring (bicyclic) bond motifs is 1. The highest BCUT2D eigenvalue weighted by Gasteiger charge is 2.27. The van der Waals surface area contributed by atoms with Gasteiger partial charge in [-0.05, 0) is 49.6 Å². The second-order valence-corrected chi connectivity index (χ2v) is 10.7. The van der Waals surface area contributed by atoms with E-state index in [4.69, 9.17) is 14.5 Å². The Labute approximate surface area is 247 Å². The lowest BCUT2D eigenvalue weighted by Crippen LogP contribution is -2.39. The molecule has 6 rings (SSSR count). The summed E-state index contributed by atoms with van der Waals surface area (Å²) in [5.41, 5.74) is 3.16. The predicted octanol–water partition coefficient (Wildman–Crippen LogP) is 5.09. The minimum atomic E-state index is -2.83. The summed E-state index contributed by atoms with van der Waals surface area (Å²) in [6.45, 7) is 6.21. The molecule has 0 saturated carbocycles. The summed E-state index contributed by atoms with van der Waals surface area (Å²) in [4.78, 5) is 24.2. The molecule has 3 aromatic heterocycles. The molecule has 1 N–H and O–H groups in total. The third kappa shape index (κ3) is 6.03. The Bertz CT molecular complexity index is 1740. The molecule has 5 aromatic rings. The van der Waals surface area contributed by atoms with Crippen LogP contribution in [0.1, 0.15) is 31.7 Å². The Morgan fingerprint density at radius 2 is 1.74 bits per heavy atom. The molecule has 220 valence electrons. The van der Waals surface area contributed by atoms with Gasteiger partial charge in [-0.15, -0.1) is 0 Å². The number of hydrogen-bond donors (Lipinski definition) is 1. The average molecular weight is 585 g/mol. The highest BCUT2D eigenvalue weighted by molar-refractivity contribution is 5.77. The van der Waals surface area contributed by atoms with Crippen LogP contribution in [-0.4, -0.2) is 68.4 Å². The fourth-order valence-electron chi connectivity index (χ4n) is 5.16. The molecule has 2 aromatic carbocycles. The first-order valence-corrected chi connectivity index (χ1v) is 13.9. The number of ether oxygens (including phenoxy) is 2. The lowest BCUT2D eigenvalue weighted by molar-refractivity contribution is 0.122. The molecular formula is C31H30F2N8O2. The first-order valence-electron chi connectivity index (χ1n) is 13.9. The molecule has 0 unspecified atom stereocenters. The van der Waals surface area contributed by atoms with Crippen molar-refractivity contribution in [1.82, 2.24) is 29.5 Å². The summed E-state index contributed by atoms with van der Waals surface area (Å²) in [6.07, 6.45) is 0.517. The van der Waals surface area contributed by atoms with Crippen LogP contribution in [0.5, 0.6) is 5.88 Å². The van der Waals surface area contributed by atoms with Gasteiger partial charge in [0.15, 0.2) is 5.82 Å². The summed E-state index contributed by atoms with van der Waals surface area (Å²) < 4.78 is 40.6. The number of nitrogens with zero attached hydrogens (tertiary/aromatic N) is 7. The van der Waals surface area contributed by atoms with E-state index in [-0.39, 0.29) is 11.9 Å². The zero-order chi connectivity index (χ0) is 30.0. The van der Waals surface area contributed by atoms with Crippen LogP contribution in [0, 0.1) is 12.3 Å². The molecule has 0 radical (unpaired) electrons. The maximum Gasteiger partial charge on any atom is 0.296 e. The second kappa shape index (κ2) is 11.8. The van der Waals surface area contributed by atoms with Crippen molar-refractivity contribution in [2.75, 3.05) is 43.6 Å². The van der Waals surface area contributed by atoms with Crippen molar-refractivity contribution < 1.29 is 18.3 Å². The fraction of sp³-hybridized carbons (Fsp3) is 0.323. The Morgan fingerprint density at radius 1 is 1.00 bits per heavy atom. The Morgan fingerprint density at radius 3 is 2.53 bits per heavy atom. The topological polar surface area (TPSA) is 103 Å². The molecule has 1 aliphatic rings. The summed E-state index contributed by atoms with van der Waals surface area (Å²) in [7, 11) is 1.56. The first-order chi connectivity index (χ1) is 20.8. The van der Waals surface area contributed by atoms with Gasteiger partial charge in [0, 0.05) is 36.5 Å². The molecule has 0 spiro atoms. The molecule has 0 atom stereocenters. The van der Waals surface area contributed by atoms with E-state index in [1.165, 1.54) is 4.57 Å². The average Bonchev–Trinajstić information content (AvgIpc) is 3.41. The van der Waals surface area contributed by atoms with Crippen LogP contribution in [0.3, 0.4) is 0 Å². The number of halogens is 2. The number of hydrogen-bond acceptors (Lipinski definition) is 9. The zero-order valence-electron chi connectivity index (χ0n) is 24.0. The van der Waals surface area contributed by atoms with Crippen molar-refractivity contribution in [1.29, 1.82) is 0 Å². The molecule has 0 amide bonds. The Hall–Kier alpha value is -4.89. The predicted molar refractivity (Wildman–Crippen MR) is 158 cm³/mol. The highest BCUT2D eigenvalue weighted by atomic mass is 19.3. The van der Waals surface area contributed by atoms with Gasteiger partial charge in [-0.25, -0.2) is 13.8 Å². The number of aromatic nitrogens is 6. The van der Waals surface area contributed by atoms with Gasteiger partial charge >= 0.3 is 0 Å². The van der Waals surface area contributed by atoms with Crippen molar-refractivity contribution in [2.45, 2.75) is 32.2 Å². The van der Waals surface area contributed by atoms with E-state index in [9.17, 15) is 8.78 Å². The van der Waals surface area contributed by atoms with Gasteiger partial charge in [0.1, 0.15) is 0 Å². The normalized spacial score (nSPS) is 13.8. The number of rotatable bonds is 9. The van der Waals surface area contributed by atoms with Gasteiger partial charge in [0.25, 0.3) is 6.43 Å². The monoisotopic (exact) mass is 584 g/mol. The summed E-state index contributed by atoms with van der Waals surface area (Å²) in [5, 5.41) is 3.45. The van der Waals surface area contributed by atoms with Gasteiger partial charge in [0.2, 0.25) is 23.7 Å². The van der Waals surface area contributed by atoms with Crippen LogP contribution in [0.2, 0.25) is 0 Å². The van der Waals surface area contributed by atoms with Crippen LogP contribution in [0.4, 0.5) is 20.7 Å². The SMILES string of the molecule is COc1cc(-c2ccccc2CC(C)(C)Nc2nc(N3CCOCC3)nc(-n3c(C(F)F)nc4ccccc43)n2)c#cn1. The molecule has 4 heterocycles. The molecule has 10 nitrogen and oxygen atoms in total. The van der Waals surface area contributed by atoms with Crippen molar-refractivity contribution in [3.63, 3.8) is 0 Å². The highest BCUT2D eigenvalue weighted by Crippen LogP contribution is 2.30. The molecule has 43 heavy (non-hydrogen) atoms. The molecule has 12 heteroatoms. The van der Waals surface area contributed by atoms with Crippen LogP contribution >= 0.6 is 0 Å². The van der Waals surface area contributed by atoms with Gasteiger partial charge < -0.3 is 19.7 Å². The van der Waals surface area contributed by atoms with Crippen molar-refractivity contribution in [3.8, 4) is 23.0 Å². The first kappa shape index (κ1) is 28.2. The molecule has 1 saturated heterocycles. The van der Waals surface area contributed by atoms with Crippen LogP contribution < -0.4 is 15.0 Å². The van der Waals surface area contributed by atoms with E-state index in [1.807, 2.05) is 49.1 Å². The maximum atomic E-state index is 14.2. The lowest BCUT2D eigenvalue weighted by Gasteiger charge is -2.30. The van der Waals surface area contributed by atoms with E-state index in [1.54, 1.807) is 31.4 Å². The summed E-state index contributed by atoms with van der Waals surface area (Å²) in [6, 6.07) is 19.8. The number of para-hydroxylation sites is 2. The third-order valence-electron chi connectivity index (χ3n) is 7.11. The smallest absolute Gasteiger partial charge is 0.296 e. The number of morpholine rings is 1. The Kier molecular flexibility index (Phi) is 7.73. The van der Waals surface area contributed by atoms with Gasteiger partial charge in [-0.2, -0.15) is 19.9 Å². The minimum absolute atomic E-state index is 0.0632. The van der Waals surface area contributed by atoms with Crippen LogP contribution in [0.25, 0.3) is 28.1 Å². The van der Waals surface area contributed by atoms with Gasteiger partial charge in [-0.3, -0.25) is 4.57 Å². The van der Waals surface area contributed by atoms with Crippen molar-refractivity contribution in [3.05, 3.63) is 78.2 Å². The quantitative estimate of drug-likeness (QED) is 0.254. The number of methoxy groups -OCH3 is 1. The van der Waals surface area contributed by atoms with Gasteiger partial charge in [-0.1, -0.05) is 36.4 Å². The third-order valence-corrected chi connectivity index (χ3v) is 7.11. The van der Waals surface area contributed by atoms with E-state index in [0.717, 1.165) is 16.7 Å². The van der Waals surface area contributed by atoms with E-state index in [2.05, 4.69) is 37.5 Å². The second-order valence-electron chi connectivity index (χ2n) is 10.7. The van der Waals surface area contributed by atoms with E-state index in [0.29, 0.717) is 55.6 Å². The number of benzene rings is 2. The lowest BCUT2D eigenvalue weighted by atomic mass is 9.90. The molecule has 0 bridgehead atoms. The number of nitrogens with one attached hydrogen (secondary N) is 1. The number of anilines is 2. The van der Waals surface area contributed by atoms with Crippen molar-refractivity contribution >= 4 is 22.9 Å². The van der Waals surface area contributed by atoms with Crippen LogP contribution in [-0.2, 0) is 11.2 Å². The number of alkyl halides is 2. The molecule has 1 fully saturated rings. The Balaban J connectivity index is 1.39. The van der Waals surface area contributed by atoms with Gasteiger partial charge in [0.05, 0.1) is 31.4 Å². The molecule has 0 aliphatic carbocycles. The van der Waals surface area contributed by atoms with E-state index >= 15 is 0 Å². The molecule has 1 aliphatic heterocycles. The summed E-state index contributed by atoms with van der Waals surface area (Å²) in [5.74, 6) is 0.717. The summed E-state index contributed by atoms with van der Waals surface area (Å²) >= 11 is 0. The standard InChI is InChI=1S/C31H30F2N8O2/c1-31(2,19-21-8-4-5-9-22(21)20-12-13-34-25(18-20)42-3)39-28-36-29(40-14-16-43-17-15-40)38-30(37-28)41-24-11-7-6-10-23(24)35-27(41)26(32)33/h4-11,18,26H,14-17,19H2,1-3H3,(H,36,37,38,39). The van der Waals surface area contributed by atoms with E-state index < -0.39 is 17.8 Å². The minimum Gasteiger partial charge on any atom is -0.480 e. The maximum absolute atomic E-state index is 14.2. The fourth-order valence-corrected chi connectivity index (χ4v) is 5.16. The molecular weight excluding hydrogens is 554 g/mol. The van der Waals surface area contributed by atoms with Crippen molar-refractivity contribution in [2.24, 2.45) is 0 Å². The zero-order valence-corrected chi connectivity index (χ0v) is 24.0. The number of imidazole rings is 1.